The van der Waals surface area contributed by atoms with Crippen molar-refractivity contribution >= 4 is 17.7 Å². The van der Waals surface area contributed by atoms with Crippen molar-refractivity contribution in [3.05, 3.63) is 35.9 Å². The lowest BCUT2D eigenvalue weighted by atomic mass is 9.95. The molecule has 0 aliphatic heterocycles. The lowest BCUT2D eigenvalue weighted by Crippen LogP contribution is -2.57. The lowest BCUT2D eigenvalue weighted by Gasteiger charge is -2.32. The van der Waals surface area contributed by atoms with Crippen molar-refractivity contribution in [3.63, 3.8) is 0 Å². The second kappa shape index (κ2) is 7.85. The summed E-state index contributed by atoms with van der Waals surface area (Å²) in [6.07, 6.45) is 3.27. The molecule has 0 heterocycles. The van der Waals surface area contributed by atoms with Gasteiger partial charge in [0.2, 0.25) is 0 Å². The molecule has 0 spiro atoms. The number of rotatable bonds is 9. The molecule has 1 aliphatic carbocycles. The minimum absolute atomic E-state index is 0.0981. The molecule has 1 saturated carbocycles. The number of esters is 1. The molecule has 0 aromatic heterocycles. The Balaban J connectivity index is 1.99. The third-order valence-electron chi connectivity index (χ3n) is 3.96. The molecular formula is C17H25NO2S. The minimum Gasteiger partial charge on any atom is -0.468 e. The van der Waals surface area contributed by atoms with E-state index in [2.05, 4.69) is 36.5 Å². The van der Waals surface area contributed by atoms with E-state index in [4.69, 9.17) is 4.74 Å². The van der Waals surface area contributed by atoms with E-state index in [-0.39, 0.29) is 5.97 Å². The monoisotopic (exact) mass is 307 g/mol. The zero-order valence-corrected chi connectivity index (χ0v) is 13.7. The van der Waals surface area contributed by atoms with Crippen molar-refractivity contribution in [3.8, 4) is 0 Å². The molecule has 1 aliphatic rings. The molecule has 1 atom stereocenters. The number of carbonyl (C=O) groups excluding carboxylic acids is 1. The van der Waals surface area contributed by atoms with Gasteiger partial charge in [-0.25, -0.2) is 0 Å². The smallest absolute Gasteiger partial charge is 0.327 e. The summed E-state index contributed by atoms with van der Waals surface area (Å²) in [5.74, 6) is 2.04. The van der Waals surface area contributed by atoms with Gasteiger partial charge in [0.05, 0.1) is 7.11 Å². The molecule has 21 heavy (non-hydrogen) atoms. The van der Waals surface area contributed by atoms with Crippen molar-refractivity contribution in [1.82, 2.24) is 5.32 Å². The van der Waals surface area contributed by atoms with Crippen LogP contribution >= 0.6 is 11.8 Å². The van der Waals surface area contributed by atoms with Crippen LogP contribution in [0.3, 0.4) is 0 Å². The first-order chi connectivity index (χ1) is 10.2. The highest BCUT2D eigenvalue weighted by Crippen LogP contribution is 2.42. The molecule has 2 rings (SSSR count). The second-order valence-corrected chi connectivity index (χ2v) is 6.63. The first-order valence-electron chi connectivity index (χ1n) is 7.68. The van der Waals surface area contributed by atoms with Gasteiger partial charge in [-0.1, -0.05) is 37.3 Å². The third kappa shape index (κ3) is 4.24. The largest absolute Gasteiger partial charge is 0.468 e. The van der Waals surface area contributed by atoms with Gasteiger partial charge in [0.25, 0.3) is 0 Å². The molecule has 4 heteroatoms. The molecule has 0 bridgehead atoms. The van der Waals surface area contributed by atoms with Crippen LogP contribution in [0, 0.1) is 5.92 Å². The molecule has 3 nitrogen and oxygen atoms in total. The van der Waals surface area contributed by atoms with E-state index in [1.165, 1.54) is 12.7 Å². The quantitative estimate of drug-likeness (QED) is 0.711. The first-order valence-corrected chi connectivity index (χ1v) is 8.83. The number of hydrogen-bond donors (Lipinski definition) is 1. The van der Waals surface area contributed by atoms with E-state index < -0.39 is 5.54 Å². The highest BCUT2D eigenvalue weighted by Gasteiger charge is 2.51. The standard InChI is InChI=1S/C17H25NO2S/c1-3-11-18-17(15-9-10-15,16(19)20-2)13-21-12-14-7-5-4-6-8-14/h4-8,15,18H,3,9-13H2,1-2H3. The summed E-state index contributed by atoms with van der Waals surface area (Å²) in [6.45, 7) is 2.98. The molecule has 0 amide bonds. The summed E-state index contributed by atoms with van der Waals surface area (Å²) in [5, 5.41) is 3.49. The van der Waals surface area contributed by atoms with Gasteiger partial charge in [-0.15, -0.1) is 0 Å². The summed E-state index contributed by atoms with van der Waals surface area (Å²) >= 11 is 1.81. The van der Waals surface area contributed by atoms with Gasteiger partial charge in [0.1, 0.15) is 5.54 Å². The predicted molar refractivity (Wildman–Crippen MR) is 88.4 cm³/mol. The Morgan fingerprint density at radius 2 is 2.10 bits per heavy atom. The van der Waals surface area contributed by atoms with E-state index in [9.17, 15) is 4.79 Å². The zero-order valence-electron chi connectivity index (χ0n) is 12.9. The van der Waals surface area contributed by atoms with Crippen molar-refractivity contribution in [1.29, 1.82) is 0 Å². The Morgan fingerprint density at radius 3 is 2.67 bits per heavy atom. The van der Waals surface area contributed by atoms with Crippen molar-refractivity contribution in [2.45, 2.75) is 37.5 Å². The molecule has 116 valence electrons. The number of benzene rings is 1. The minimum atomic E-state index is -0.496. The Morgan fingerprint density at radius 1 is 1.38 bits per heavy atom. The maximum absolute atomic E-state index is 12.4. The molecule has 1 unspecified atom stereocenters. The van der Waals surface area contributed by atoms with Crippen molar-refractivity contribution in [2.24, 2.45) is 5.92 Å². The fourth-order valence-corrected chi connectivity index (χ4v) is 3.93. The number of carbonyl (C=O) groups is 1. The fraction of sp³-hybridized carbons (Fsp3) is 0.588. The topological polar surface area (TPSA) is 38.3 Å². The van der Waals surface area contributed by atoms with Gasteiger partial charge in [-0.3, -0.25) is 4.79 Å². The molecule has 1 N–H and O–H groups in total. The van der Waals surface area contributed by atoms with Gasteiger partial charge in [0.15, 0.2) is 0 Å². The number of methoxy groups -OCH3 is 1. The molecule has 1 aromatic rings. The van der Waals surface area contributed by atoms with Crippen molar-refractivity contribution in [2.75, 3.05) is 19.4 Å². The van der Waals surface area contributed by atoms with E-state index >= 15 is 0 Å². The van der Waals surface area contributed by atoms with Crippen LogP contribution in [0.1, 0.15) is 31.7 Å². The Bertz CT molecular complexity index is 447. The van der Waals surface area contributed by atoms with Gasteiger partial charge >= 0.3 is 5.97 Å². The fourth-order valence-electron chi connectivity index (χ4n) is 2.62. The third-order valence-corrected chi connectivity index (χ3v) is 5.15. The molecule has 1 aromatic carbocycles. The average molecular weight is 307 g/mol. The number of hydrogen-bond acceptors (Lipinski definition) is 4. The van der Waals surface area contributed by atoms with Crippen LogP contribution in [0.2, 0.25) is 0 Å². The molecule has 0 saturated heterocycles. The highest BCUT2D eigenvalue weighted by molar-refractivity contribution is 7.98. The van der Waals surface area contributed by atoms with Crippen LogP contribution in [0.4, 0.5) is 0 Å². The number of nitrogens with one attached hydrogen (secondary N) is 1. The highest BCUT2D eigenvalue weighted by atomic mass is 32.2. The van der Waals surface area contributed by atoms with Gasteiger partial charge < -0.3 is 10.1 Å². The Hall–Kier alpha value is -1.00. The maximum atomic E-state index is 12.4. The maximum Gasteiger partial charge on any atom is 0.327 e. The summed E-state index contributed by atoms with van der Waals surface area (Å²) in [6, 6.07) is 10.4. The number of thioether (sulfide) groups is 1. The molecular weight excluding hydrogens is 282 g/mol. The second-order valence-electron chi connectivity index (χ2n) is 5.64. The lowest BCUT2D eigenvalue weighted by molar-refractivity contribution is -0.148. The van der Waals surface area contributed by atoms with E-state index in [0.717, 1.165) is 37.3 Å². The van der Waals surface area contributed by atoms with E-state index in [1.54, 1.807) is 0 Å². The Labute approximate surface area is 131 Å². The van der Waals surface area contributed by atoms with Gasteiger partial charge in [-0.2, -0.15) is 11.8 Å². The van der Waals surface area contributed by atoms with Crippen LogP contribution in [-0.2, 0) is 15.3 Å². The predicted octanol–water partition coefficient (Wildman–Crippen LogP) is 3.24. The summed E-state index contributed by atoms with van der Waals surface area (Å²) in [4.78, 5) is 12.4. The summed E-state index contributed by atoms with van der Waals surface area (Å²) in [5.41, 5.74) is 0.803. The average Bonchev–Trinajstić information content (AvgIpc) is 3.36. The summed E-state index contributed by atoms with van der Waals surface area (Å²) in [7, 11) is 1.49. The van der Waals surface area contributed by atoms with Crippen molar-refractivity contribution < 1.29 is 9.53 Å². The van der Waals surface area contributed by atoms with Gasteiger partial charge in [-0.05, 0) is 37.3 Å². The molecule has 0 radical (unpaired) electrons. The SMILES string of the molecule is CCCNC(CSCc1ccccc1)(C(=O)OC)C1CC1. The first kappa shape index (κ1) is 16.4. The normalized spacial score (nSPS) is 17.2. The summed E-state index contributed by atoms with van der Waals surface area (Å²) < 4.78 is 5.10. The number of ether oxygens (including phenoxy) is 1. The zero-order chi connectivity index (χ0) is 15.1. The van der Waals surface area contributed by atoms with Crippen LogP contribution < -0.4 is 5.32 Å². The van der Waals surface area contributed by atoms with Crippen LogP contribution in [0.5, 0.6) is 0 Å². The van der Waals surface area contributed by atoms with Crippen LogP contribution in [0.15, 0.2) is 30.3 Å². The molecule has 1 fully saturated rings. The van der Waals surface area contributed by atoms with E-state index in [1.807, 2.05) is 17.8 Å². The van der Waals surface area contributed by atoms with Crippen LogP contribution in [-0.4, -0.2) is 30.9 Å². The van der Waals surface area contributed by atoms with E-state index in [0.29, 0.717) is 5.92 Å². The van der Waals surface area contributed by atoms with Gasteiger partial charge in [0, 0.05) is 11.5 Å². The van der Waals surface area contributed by atoms with Crippen LogP contribution in [0.25, 0.3) is 0 Å². The Kier molecular flexibility index (Phi) is 6.12.